The van der Waals surface area contributed by atoms with Crippen LogP contribution in [0.4, 0.5) is 0 Å². The van der Waals surface area contributed by atoms with Crippen molar-refractivity contribution >= 4 is 33.2 Å². The molecule has 0 aliphatic rings. The van der Waals surface area contributed by atoms with Crippen LogP contribution in [0.25, 0.3) is 0 Å². The molecule has 2 aromatic rings. The monoisotopic (exact) mass is 341 g/mol. The first kappa shape index (κ1) is 14.1. The van der Waals surface area contributed by atoms with E-state index in [1.807, 2.05) is 29.7 Å². The molecular formula is C12H12BrN3O2S. The van der Waals surface area contributed by atoms with Gasteiger partial charge in [-0.1, -0.05) is 28.1 Å². The number of carbonyl (C=O) groups excluding carboxylic acids is 1. The largest absolute Gasteiger partial charge is 0.370 e. The average Bonchev–Trinajstić information content (AvgIpc) is 2.87. The lowest BCUT2D eigenvalue weighted by Crippen LogP contribution is -2.29. The van der Waals surface area contributed by atoms with E-state index >= 15 is 0 Å². The van der Waals surface area contributed by atoms with Crippen LogP contribution in [0, 0.1) is 0 Å². The van der Waals surface area contributed by atoms with E-state index in [4.69, 9.17) is 10.6 Å². The number of hydrogen-bond acceptors (Lipinski definition) is 5. The first-order valence-electron chi connectivity index (χ1n) is 5.46. The number of nitrogen functional groups attached to an aromatic ring is 1. The van der Waals surface area contributed by atoms with Crippen LogP contribution < -0.4 is 11.3 Å². The van der Waals surface area contributed by atoms with Crippen LogP contribution in [0.1, 0.15) is 21.1 Å². The number of amides is 1. The van der Waals surface area contributed by atoms with Gasteiger partial charge >= 0.3 is 0 Å². The second-order valence-corrected chi connectivity index (χ2v) is 5.51. The summed E-state index contributed by atoms with van der Waals surface area (Å²) in [5, 5.41) is 2.12. The van der Waals surface area contributed by atoms with Gasteiger partial charge in [-0.15, -0.1) is 11.3 Å². The number of nitrogens with one attached hydrogen (secondary N) is 1. The van der Waals surface area contributed by atoms with Crippen LogP contribution in [0.3, 0.4) is 0 Å². The third-order valence-corrected chi connectivity index (χ3v) is 3.67. The number of hydrogen-bond donors (Lipinski definition) is 2. The number of aromatic nitrogens is 1. The summed E-state index contributed by atoms with van der Waals surface area (Å²) in [6, 6.07) is 7.89. The van der Waals surface area contributed by atoms with Crippen molar-refractivity contribution in [2.24, 2.45) is 5.84 Å². The zero-order valence-corrected chi connectivity index (χ0v) is 12.3. The summed E-state index contributed by atoms with van der Waals surface area (Å²) < 4.78 is 6.57. The summed E-state index contributed by atoms with van der Waals surface area (Å²) in [6.07, 6.45) is 0. The van der Waals surface area contributed by atoms with Gasteiger partial charge in [-0.25, -0.2) is 10.8 Å². The smallest absolute Gasteiger partial charge is 0.294 e. The summed E-state index contributed by atoms with van der Waals surface area (Å²) in [6.45, 7) is 0.857. The predicted molar refractivity (Wildman–Crippen MR) is 76.4 cm³/mol. The number of benzene rings is 1. The highest BCUT2D eigenvalue weighted by atomic mass is 79.9. The number of carbonyl (C=O) groups is 1. The third-order valence-electron chi connectivity index (χ3n) is 2.28. The Hall–Kier alpha value is -1.28. The van der Waals surface area contributed by atoms with Crippen molar-refractivity contribution in [2.75, 3.05) is 0 Å². The predicted octanol–water partition coefficient (Wildman–Crippen LogP) is 2.23. The van der Waals surface area contributed by atoms with Crippen molar-refractivity contribution in [3.63, 3.8) is 0 Å². The van der Waals surface area contributed by atoms with Gasteiger partial charge in [0.2, 0.25) is 0 Å². The normalized spacial score (nSPS) is 10.4. The quantitative estimate of drug-likeness (QED) is 0.496. The molecule has 1 aromatic carbocycles. The minimum atomic E-state index is -0.386. The Balaban J connectivity index is 1.86. The van der Waals surface area contributed by atoms with Crippen LogP contribution in [-0.2, 0) is 18.0 Å². The standard InChI is InChI=1S/C12H12BrN3O2S/c13-9-3-1-2-8(4-9)5-18-6-10-7-19-12(15-10)11(17)16-14/h1-4,7H,5-6,14H2,(H,16,17). The van der Waals surface area contributed by atoms with Gasteiger partial charge in [0.1, 0.15) is 0 Å². The van der Waals surface area contributed by atoms with E-state index in [2.05, 4.69) is 20.9 Å². The second kappa shape index (κ2) is 6.76. The van der Waals surface area contributed by atoms with Gasteiger partial charge in [-0.05, 0) is 17.7 Å². The van der Waals surface area contributed by atoms with Crippen molar-refractivity contribution in [1.82, 2.24) is 10.4 Å². The van der Waals surface area contributed by atoms with Crippen molar-refractivity contribution < 1.29 is 9.53 Å². The number of thiazole rings is 1. The summed E-state index contributed by atoms with van der Waals surface area (Å²) >= 11 is 4.64. The minimum Gasteiger partial charge on any atom is -0.370 e. The molecule has 1 amide bonds. The molecule has 3 N–H and O–H groups in total. The second-order valence-electron chi connectivity index (χ2n) is 3.74. The van der Waals surface area contributed by atoms with Crippen molar-refractivity contribution in [3.05, 3.63) is 50.4 Å². The Labute approximate surface area is 122 Å². The molecule has 0 saturated carbocycles. The van der Waals surface area contributed by atoms with Gasteiger partial charge in [-0.2, -0.15) is 0 Å². The highest BCUT2D eigenvalue weighted by Crippen LogP contribution is 2.14. The Morgan fingerprint density at radius 1 is 1.47 bits per heavy atom. The number of nitrogens with two attached hydrogens (primary N) is 1. The van der Waals surface area contributed by atoms with Crippen LogP contribution in [-0.4, -0.2) is 10.9 Å². The Kier molecular flexibility index (Phi) is 5.03. The fraction of sp³-hybridized carbons (Fsp3) is 0.167. The van der Waals surface area contributed by atoms with E-state index in [0.29, 0.717) is 18.2 Å². The molecule has 0 radical (unpaired) electrons. The van der Waals surface area contributed by atoms with Crippen LogP contribution in [0.5, 0.6) is 0 Å². The van der Waals surface area contributed by atoms with E-state index in [1.165, 1.54) is 11.3 Å². The van der Waals surface area contributed by atoms with Crippen molar-refractivity contribution in [3.8, 4) is 0 Å². The first-order chi connectivity index (χ1) is 9.19. The zero-order chi connectivity index (χ0) is 13.7. The Morgan fingerprint density at radius 3 is 3.05 bits per heavy atom. The molecule has 5 nitrogen and oxygen atoms in total. The minimum absolute atomic E-state index is 0.337. The maximum atomic E-state index is 11.2. The van der Waals surface area contributed by atoms with Crippen LogP contribution in [0.15, 0.2) is 34.1 Å². The Bertz CT molecular complexity index is 574. The van der Waals surface area contributed by atoms with Gasteiger partial charge in [0.25, 0.3) is 5.91 Å². The fourth-order valence-corrected chi connectivity index (χ4v) is 2.59. The SMILES string of the molecule is NNC(=O)c1nc(COCc2cccc(Br)c2)cs1. The van der Waals surface area contributed by atoms with Crippen LogP contribution >= 0.6 is 27.3 Å². The number of nitrogens with zero attached hydrogens (tertiary/aromatic N) is 1. The lowest BCUT2D eigenvalue weighted by Gasteiger charge is -2.03. The molecule has 100 valence electrons. The molecule has 7 heteroatoms. The van der Waals surface area contributed by atoms with E-state index < -0.39 is 0 Å². The number of hydrazine groups is 1. The van der Waals surface area contributed by atoms with E-state index in [0.717, 1.165) is 15.7 Å². The highest BCUT2D eigenvalue weighted by Gasteiger charge is 2.09. The van der Waals surface area contributed by atoms with Crippen molar-refractivity contribution in [1.29, 1.82) is 0 Å². The molecule has 0 spiro atoms. The van der Waals surface area contributed by atoms with Crippen molar-refractivity contribution in [2.45, 2.75) is 13.2 Å². The number of rotatable bonds is 5. The third kappa shape index (κ3) is 4.10. The molecule has 0 saturated heterocycles. The molecule has 0 atom stereocenters. The molecule has 0 unspecified atom stereocenters. The van der Waals surface area contributed by atoms with Gasteiger partial charge in [0.05, 0.1) is 18.9 Å². The Morgan fingerprint density at radius 2 is 2.32 bits per heavy atom. The van der Waals surface area contributed by atoms with Gasteiger partial charge < -0.3 is 4.74 Å². The lowest BCUT2D eigenvalue weighted by molar-refractivity contribution is 0.0948. The van der Waals surface area contributed by atoms with Gasteiger partial charge in [-0.3, -0.25) is 10.2 Å². The maximum Gasteiger partial charge on any atom is 0.294 e. The summed E-state index contributed by atoms with van der Waals surface area (Å²) in [5.41, 5.74) is 3.84. The summed E-state index contributed by atoms with van der Waals surface area (Å²) in [5.74, 6) is 4.65. The van der Waals surface area contributed by atoms with Gasteiger partial charge in [0, 0.05) is 9.85 Å². The number of ether oxygens (including phenoxy) is 1. The van der Waals surface area contributed by atoms with E-state index in [-0.39, 0.29) is 5.91 Å². The molecule has 1 aromatic heterocycles. The molecule has 1 heterocycles. The molecule has 0 bridgehead atoms. The maximum absolute atomic E-state index is 11.2. The molecule has 0 aliphatic heterocycles. The van der Waals surface area contributed by atoms with Crippen LogP contribution in [0.2, 0.25) is 0 Å². The molecular weight excluding hydrogens is 330 g/mol. The van der Waals surface area contributed by atoms with Gasteiger partial charge in [0.15, 0.2) is 5.01 Å². The average molecular weight is 342 g/mol. The van der Waals surface area contributed by atoms with E-state index in [9.17, 15) is 4.79 Å². The summed E-state index contributed by atoms with van der Waals surface area (Å²) in [4.78, 5) is 15.3. The molecule has 0 fully saturated rings. The topological polar surface area (TPSA) is 77.2 Å². The van der Waals surface area contributed by atoms with E-state index in [1.54, 1.807) is 5.38 Å². The molecule has 2 rings (SSSR count). The summed E-state index contributed by atoms with van der Waals surface area (Å²) in [7, 11) is 0. The molecule has 0 aliphatic carbocycles. The first-order valence-corrected chi connectivity index (χ1v) is 7.14. The number of halogens is 1. The lowest BCUT2D eigenvalue weighted by atomic mass is 10.2. The zero-order valence-electron chi connectivity index (χ0n) is 9.93. The molecule has 19 heavy (non-hydrogen) atoms. The highest BCUT2D eigenvalue weighted by molar-refractivity contribution is 9.10. The fourth-order valence-electron chi connectivity index (χ4n) is 1.44.